The summed E-state index contributed by atoms with van der Waals surface area (Å²) in [5, 5.41) is 2.76. The number of carbonyl (C=O) groups excluding carboxylic acids is 2. The molecular weight excluding hydrogens is 406 g/mol. The minimum atomic E-state index is -0.770. The number of carbonyl (C=O) groups is 2. The quantitative estimate of drug-likeness (QED) is 0.811. The fourth-order valence-corrected chi connectivity index (χ4v) is 3.48. The highest BCUT2D eigenvalue weighted by atomic mass is 19.1. The predicted octanol–water partition coefficient (Wildman–Crippen LogP) is 1.99. The van der Waals surface area contributed by atoms with Gasteiger partial charge in [-0.3, -0.25) is 14.6 Å². The van der Waals surface area contributed by atoms with Crippen LogP contribution in [0.3, 0.4) is 0 Å². The average Bonchev–Trinajstić information content (AvgIpc) is 2.80. The monoisotopic (exact) mass is 426 g/mol. The van der Waals surface area contributed by atoms with Crippen LogP contribution >= 0.6 is 0 Å². The number of nitrogens with zero attached hydrogens (tertiary/aromatic N) is 3. The molecule has 1 aromatic carbocycles. The number of hydrogen-bond acceptors (Lipinski definition) is 5. The number of dihydropyridines is 1. The van der Waals surface area contributed by atoms with Gasteiger partial charge in [0.25, 0.3) is 11.8 Å². The van der Waals surface area contributed by atoms with E-state index in [0.717, 1.165) is 12.1 Å². The number of hydrogen-bond donors (Lipinski definition) is 1. The number of morpholine rings is 1. The zero-order valence-electron chi connectivity index (χ0n) is 16.6. The Kier molecular flexibility index (Phi) is 6.13. The first kappa shape index (κ1) is 20.8. The molecule has 160 valence electrons. The van der Waals surface area contributed by atoms with Gasteiger partial charge in [0.1, 0.15) is 17.3 Å². The van der Waals surface area contributed by atoms with Gasteiger partial charge in [0, 0.05) is 24.9 Å². The summed E-state index contributed by atoms with van der Waals surface area (Å²) >= 11 is 0. The highest BCUT2D eigenvalue weighted by molar-refractivity contribution is 6.01. The number of amides is 2. The summed E-state index contributed by atoms with van der Waals surface area (Å²) in [7, 11) is 0. The number of aromatic nitrogens is 1. The second-order valence-electron chi connectivity index (χ2n) is 7.07. The van der Waals surface area contributed by atoms with E-state index < -0.39 is 23.6 Å². The summed E-state index contributed by atoms with van der Waals surface area (Å²) in [6.07, 6.45) is 3.13. The molecule has 2 aliphatic rings. The molecule has 1 fully saturated rings. The molecule has 3 heterocycles. The van der Waals surface area contributed by atoms with Crippen LogP contribution in [-0.2, 0) is 9.53 Å². The number of pyridine rings is 1. The second-order valence-corrected chi connectivity index (χ2v) is 7.07. The summed E-state index contributed by atoms with van der Waals surface area (Å²) in [6, 6.07) is 7.24. The van der Waals surface area contributed by atoms with E-state index in [1.165, 1.54) is 30.5 Å². The van der Waals surface area contributed by atoms with Crippen molar-refractivity contribution in [2.75, 3.05) is 32.8 Å². The molecule has 9 heteroatoms. The Bertz CT molecular complexity index is 1040. The van der Waals surface area contributed by atoms with Crippen molar-refractivity contribution in [1.82, 2.24) is 15.2 Å². The summed E-state index contributed by atoms with van der Waals surface area (Å²) in [4.78, 5) is 35.7. The van der Waals surface area contributed by atoms with E-state index >= 15 is 0 Å². The molecule has 0 radical (unpaired) electrons. The summed E-state index contributed by atoms with van der Waals surface area (Å²) in [6.45, 7) is 2.09. The van der Waals surface area contributed by atoms with Crippen molar-refractivity contribution in [3.05, 3.63) is 65.4 Å². The maximum absolute atomic E-state index is 14.1. The number of aliphatic imine (C=N–C) groups is 1. The minimum Gasteiger partial charge on any atom is -0.378 e. The van der Waals surface area contributed by atoms with Crippen LogP contribution in [-0.4, -0.2) is 66.8 Å². The molecule has 7 nitrogen and oxygen atoms in total. The number of ether oxygens (including phenoxy) is 1. The van der Waals surface area contributed by atoms with Crippen molar-refractivity contribution in [3.8, 4) is 11.3 Å². The molecule has 31 heavy (non-hydrogen) atoms. The predicted molar refractivity (Wildman–Crippen MR) is 110 cm³/mol. The van der Waals surface area contributed by atoms with Gasteiger partial charge >= 0.3 is 0 Å². The lowest BCUT2D eigenvalue weighted by atomic mass is 10.0. The summed E-state index contributed by atoms with van der Waals surface area (Å²) in [5.74, 6) is -2.29. The van der Waals surface area contributed by atoms with Gasteiger partial charge in [-0.2, -0.15) is 0 Å². The van der Waals surface area contributed by atoms with Crippen molar-refractivity contribution in [1.29, 1.82) is 0 Å². The lowest BCUT2D eigenvalue weighted by Crippen LogP contribution is -2.48. The number of halogens is 2. The second kappa shape index (κ2) is 9.13. The highest BCUT2D eigenvalue weighted by Gasteiger charge is 2.29. The zero-order valence-corrected chi connectivity index (χ0v) is 16.6. The van der Waals surface area contributed by atoms with E-state index in [1.807, 2.05) is 0 Å². The van der Waals surface area contributed by atoms with Crippen LogP contribution in [0.2, 0.25) is 0 Å². The Balaban J connectivity index is 1.53. The highest BCUT2D eigenvalue weighted by Crippen LogP contribution is 2.24. The van der Waals surface area contributed by atoms with Gasteiger partial charge in [-0.1, -0.05) is 12.1 Å². The van der Waals surface area contributed by atoms with E-state index in [-0.39, 0.29) is 29.4 Å². The fourth-order valence-electron chi connectivity index (χ4n) is 3.48. The van der Waals surface area contributed by atoms with Gasteiger partial charge in [-0.15, -0.1) is 0 Å². The Hall–Kier alpha value is -3.46. The number of nitrogens with one attached hydrogen (secondary N) is 1. The van der Waals surface area contributed by atoms with Crippen molar-refractivity contribution in [2.24, 2.45) is 4.99 Å². The van der Waals surface area contributed by atoms with Crippen LogP contribution in [0, 0.1) is 11.6 Å². The first-order chi connectivity index (χ1) is 15.0. The van der Waals surface area contributed by atoms with E-state index in [0.29, 0.717) is 31.9 Å². The molecular formula is C22H20F2N4O3. The molecule has 2 amide bonds. The number of benzene rings is 1. The standard InChI is InChI=1S/C22H20F2N4O3/c23-15-3-1-4-16(24)20(15)17-5-2-6-18(26-17)21(29)27-19-13-25-8-7-14(19)22(30)28-9-11-31-12-10-28/h1-8,19H,9-13H2,(H,27,29). The fraction of sp³-hybridized carbons (Fsp3) is 0.273. The van der Waals surface area contributed by atoms with E-state index in [4.69, 9.17) is 4.74 Å². The van der Waals surface area contributed by atoms with Crippen molar-refractivity contribution in [2.45, 2.75) is 6.04 Å². The Morgan fingerprint density at radius 1 is 1.06 bits per heavy atom. The van der Waals surface area contributed by atoms with Gasteiger partial charge in [-0.05, 0) is 30.3 Å². The average molecular weight is 426 g/mol. The minimum absolute atomic E-state index is 0.00470. The molecule has 1 atom stereocenters. The van der Waals surface area contributed by atoms with Crippen LogP contribution in [0.5, 0.6) is 0 Å². The van der Waals surface area contributed by atoms with Crippen molar-refractivity contribution >= 4 is 18.0 Å². The maximum atomic E-state index is 14.1. The SMILES string of the molecule is O=C(NC1CN=CC=C1C(=O)N1CCOCC1)c1cccc(-c2c(F)cccc2F)n1. The van der Waals surface area contributed by atoms with Crippen LogP contribution in [0.15, 0.2) is 53.0 Å². The van der Waals surface area contributed by atoms with E-state index in [9.17, 15) is 18.4 Å². The largest absolute Gasteiger partial charge is 0.378 e. The molecule has 0 bridgehead atoms. The van der Waals surface area contributed by atoms with Crippen molar-refractivity contribution in [3.63, 3.8) is 0 Å². The summed E-state index contributed by atoms with van der Waals surface area (Å²) in [5.41, 5.74) is 0.0991. The molecule has 1 unspecified atom stereocenters. The van der Waals surface area contributed by atoms with Gasteiger partial charge in [0.2, 0.25) is 0 Å². The van der Waals surface area contributed by atoms with Crippen molar-refractivity contribution < 1.29 is 23.1 Å². The Morgan fingerprint density at radius 2 is 1.77 bits per heavy atom. The smallest absolute Gasteiger partial charge is 0.270 e. The molecule has 2 aromatic rings. The third kappa shape index (κ3) is 4.51. The lowest BCUT2D eigenvalue weighted by molar-refractivity contribution is -0.131. The van der Waals surface area contributed by atoms with Gasteiger partial charge in [0.15, 0.2) is 0 Å². The van der Waals surface area contributed by atoms with Crippen LogP contribution in [0.1, 0.15) is 10.5 Å². The summed E-state index contributed by atoms with van der Waals surface area (Å²) < 4.78 is 33.5. The molecule has 1 N–H and O–H groups in total. The molecule has 2 aliphatic heterocycles. The Labute approximate surface area is 177 Å². The zero-order chi connectivity index (χ0) is 21.8. The van der Waals surface area contributed by atoms with E-state index in [1.54, 1.807) is 11.0 Å². The molecule has 0 aliphatic carbocycles. The third-order valence-electron chi connectivity index (χ3n) is 5.07. The molecule has 1 aromatic heterocycles. The molecule has 0 saturated carbocycles. The number of rotatable bonds is 4. The maximum Gasteiger partial charge on any atom is 0.270 e. The van der Waals surface area contributed by atoms with E-state index in [2.05, 4.69) is 15.3 Å². The topological polar surface area (TPSA) is 83.9 Å². The first-order valence-electron chi connectivity index (χ1n) is 9.84. The Morgan fingerprint density at radius 3 is 2.52 bits per heavy atom. The van der Waals surface area contributed by atoms with Gasteiger partial charge in [0.05, 0.1) is 37.1 Å². The normalized spacial score (nSPS) is 18.5. The van der Waals surface area contributed by atoms with Gasteiger partial charge < -0.3 is 15.0 Å². The molecule has 0 spiro atoms. The lowest BCUT2D eigenvalue weighted by Gasteiger charge is -2.30. The van der Waals surface area contributed by atoms with Crippen LogP contribution < -0.4 is 5.32 Å². The third-order valence-corrected chi connectivity index (χ3v) is 5.07. The first-order valence-corrected chi connectivity index (χ1v) is 9.84. The van der Waals surface area contributed by atoms with Crippen LogP contribution in [0.4, 0.5) is 8.78 Å². The molecule has 4 rings (SSSR count). The molecule has 1 saturated heterocycles. The van der Waals surface area contributed by atoms with Gasteiger partial charge in [-0.25, -0.2) is 13.8 Å². The number of allylic oxidation sites excluding steroid dienone is 1. The van der Waals surface area contributed by atoms with Crippen LogP contribution in [0.25, 0.3) is 11.3 Å².